The predicted molar refractivity (Wildman–Crippen MR) is 64.1 cm³/mol. The van der Waals surface area contributed by atoms with Crippen LogP contribution in [-0.4, -0.2) is 16.3 Å². The van der Waals surface area contributed by atoms with Gasteiger partial charge in [0.15, 0.2) is 0 Å². The number of para-hydroxylation sites is 1. The lowest BCUT2D eigenvalue weighted by Gasteiger charge is -2.01. The first-order chi connectivity index (χ1) is 7.92. The lowest BCUT2D eigenvalue weighted by atomic mass is 10.3. The molecule has 0 fully saturated rings. The molecule has 0 aliphatic rings. The van der Waals surface area contributed by atoms with Crippen LogP contribution in [0.25, 0.3) is 5.69 Å². The van der Waals surface area contributed by atoms with Crippen molar-refractivity contribution in [1.82, 2.24) is 9.78 Å². The van der Waals surface area contributed by atoms with Crippen molar-refractivity contribution < 1.29 is 0 Å². The van der Waals surface area contributed by atoms with Gasteiger partial charge in [0.05, 0.1) is 11.9 Å². The van der Waals surface area contributed by atoms with E-state index in [1.165, 1.54) is 0 Å². The van der Waals surface area contributed by atoms with Crippen molar-refractivity contribution in [2.75, 3.05) is 6.54 Å². The lowest BCUT2D eigenvalue weighted by Crippen LogP contribution is -1.99. The van der Waals surface area contributed by atoms with Crippen LogP contribution in [0, 0.1) is 11.8 Å². The second-order valence-corrected chi connectivity index (χ2v) is 3.30. The molecule has 0 aliphatic heterocycles. The number of rotatable bonds is 2. The second-order valence-electron chi connectivity index (χ2n) is 3.30. The van der Waals surface area contributed by atoms with Crippen molar-refractivity contribution in [2.24, 2.45) is 5.73 Å². The third-order valence-electron chi connectivity index (χ3n) is 2.13. The van der Waals surface area contributed by atoms with E-state index in [1.807, 2.05) is 41.1 Å². The zero-order valence-electron chi connectivity index (χ0n) is 8.93. The third kappa shape index (κ3) is 2.30. The molecule has 0 aliphatic carbocycles. The molecule has 2 rings (SSSR count). The van der Waals surface area contributed by atoms with Gasteiger partial charge >= 0.3 is 0 Å². The molecule has 16 heavy (non-hydrogen) atoms. The van der Waals surface area contributed by atoms with Crippen LogP contribution < -0.4 is 5.73 Å². The first-order valence-electron chi connectivity index (χ1n) is 5.20. The summed E-state index contributed by atoms with van der Waals surface area (Å²) in [5.41, 5.74) is 7.30. The predicted octanol–water partition coefficient (Wildman–Crippen LogP) is 1.57. The van der Waals surface area contributed by atoms with E-state index in [0.717, 1.165) is 11.4 Å². The quantitative estimate of drug-likeness (QED) is 0.766. The fourth-order valence-corrected chi connectivity index (χ4v) is 1.40. The number of aromatic nitrogens is 2. The number of nitrogens with zero attached hydrogens (tertiary/aromatic N) is 2. The molecule has 0 unspecified atom stereocenters. The summed E-state index contributed by atoms with van der Waals surface area (Å²) < 4.78 is 1.82. The first kappa shape index (κ1) is 10.5. The van der Waals surface area contributed by atoms with Gasteiger partial charge in [-0.15, -0.1) is 0 Å². The largest absolute Gasteiger partial charge is 0.330 e. The van der Waals surface area contributed by atoms with Crippen molar-refractivity contribution in [3.05, 3.63) is 48.3 Å². The minimum atomic E-state index is 0.590. The molecule has 0 saturated heterocycles. The Morgan fingerprint density at radius 1 is 1.19 bits per heavy atom. The number of hydrogen-bond donors (Lipinski definition) is 1. The number of hydrogen-bond acceptors (Lipinski definition) is 2. The zero-order chi connectivity index (χ0) is 11.2. The first-order valence-corrected chi connectivity index (χ1v) is 5.20. The highest BCUT2D eigenvalue weighted by Crippen LogP contribution is 2.08. The Morgan fingerprint density at radius 2 is 2.00 bits per heavy atom. The van der Waals surface area contributed by atoms with Crippen molar-refractivity contribution in [2.45, 2.75) is 6.42 Å². The van der Waals surface area contributed by atoms with Gasteiger partial charge in [-0.2, -0.15) is 5.10 Å². The Labute approximate surface area is 94.9 Å². The third-order valence-corrected chi connectivity index (χ3v) is 2.13. The summed E-state index contributed by atoms with van der Waals surface area (Å²) in [6.45, 7) is 0.590. The summed E-state index contributed by atoms with van der Waals surface area (Å²) in [6.07, 6.45) is 2.46. The Morgan fingerprint density at radius 3 is 2.75 bits per heavy atom. The second kappa shape index (κ2) is 5.15. The van der Waals surface area contributed by atoms with Gasteiger partial charge in [0.2, 0.25) is 0 Å². The molecular weight excluding hydrogens is 198 g/mol. The molecule has 0 saturated carbocycles. The lowest BCUT2D eigenvalue weighted by molar-refractivity contribution is 0.868. The van der Waals surface area contributed by atoms with Crippen molar-refractivity contribution in [3.8, 4) is 17.5 Å². The fourth-order valence-electron chi connectivity index (χ4n) is 1.40. The van der Waals surface area contributed by atoms with Gasteiger partial charge in [0, 0.05) is 13.0 Å². The molecule has 2 N–H and O–H groups in total. The normalized spacial score (nSPS) is 9.56. The maximum Gasteiger partial charge on any atom is 0.116 e. The topological polar surface area (TPSA) is 43.8 Å². The standard InChI is InChI=1S/C13H13N3/c14-10-5-4-8-13-9-11-15-16(13)12-6-2-1-3-7-12/h1-3,6-7,9,11H,5,10,14H2. The molecule has 1 aromatic carbocycles. The van der Waals surface area contributed by atoms with Crippen LogP contribution in [-0.2, 0) is 0 Å². The van der Waals surface area contributed by atoms with Crippen LogP contribution in [0.4, 0.5) is 0 Å². The van der Waals surface area contributed by atoms with Gasteiger partial charge in [-0.05, 0) is 24.1 Å². The monoisotopic (exact) mass is 211 g/mol. The molecule has 3 heteroatoms. The van der Waals surface area contributed by atoms with Crippen molar-refractivity contribution in [3.63, 3.8) is 0 Å². The average Bonchev–Trinajstić information content (AvgIpc) is 2.79. The van der Waals surface area contributed by atoms with Gasteiger partial charge in [-0.3, -0.25) is 0 Å². The molecule has 0 spiro atoms. The molecule has 0 bridgehead atoms. The van der Waals surface area contributed by atoms with Crippen LogP contribution in [0.2, 0.25) is 0 Å². The molecule has 80 valence electrons. The van der Waals surface area contributed by atoms with E-state index in [2.05, 4.69) is 16.9 Å². The SMILES string of the molecule is NCCC#Cc1ccnn1-c1ccccc1. The molecular formula is C13H13N3. The molecule has 0 atom stereocenters. The maximum absolute atomic E-state index is 5.39. The minimum Gasteiger partial charge on any atom is -0.330 e. The Hall–Kier alpha value is -2.05. The zero-order valence-corrected chi connectivity index (χ0v) is 8.93. The van der Waals surface area contributed by atoms with Crippen molar-refractivity contribution >= 4 is 0 Å². The van der Waals surface area contributed by atoms with Gasteiger partial charge in [0.1, 0.15) is 5.69 Å². The van der Waals surface area contributed by atoms with E-state index in [9.17, 15) is 0 Å². The van der Waals surface area contributed by atoms with E-state index < -0.39 is 0 Å². The maximum atomic E-state index is 5.39. The Kier molecular flexibility index (Phi) is 3.37. The summed E-state index contributed by atoms with van der Waals surface area (Å²) in [7, 11) is 0. The van der Waals surface area contributed by atoms with E-state index >= 15 is 0 Å². The average molecular weight is 211 g/mol. The molecule has 0 radical (unpaired) electrons. The summed E-state index contributed by atoms with van der Waals surface area (Å²) in [6, 6.07) is 11.8. The summed E-state index contributed by atoms with van der Waals surface area (Å²) in [5, 5.41) is 4.25. The van der Waals surface area contributed by atoms with Crippen LogP contribution in [0.5, 0.6) is 0 Å². The summed E-state index contributed by atoms with van der Waals surface area (Å²) >= 11 is 0. The number of benzene rings is 1. The van der Waals surface area contributed by atoms with Gasteiger partial charge in [0.25, 0.3) is 0 Å². The van der Waals surface area contributed by atoms with Crippen LogP contribution in [0.15, 0.2) is 42.6 Å². The molecule has 1 heterocycles. The van der Waals surface area contributed by atoms with E-state index in [-0.39, 0.29) is 0 Å². The van der Waals surface area contributed by atoms with E-state index in [0.29, 0.717) is 13.0 Å². The Balaban J connectivity index is 2.31. The number of nitrogens with two attached hydrogens (primary N) is 1. The smallest absolute Gasteiger partial charge is 0.116 e. The molecule has 2 aromatic rings. The fraction of sp³-hybridized carbons (Fsp3) is 0.154. The molecule has 0 amide bonds. The minimum absolute atomic E-state index is 0.590. The Bertz CT molecular complexity index is 503. The highest BCUT2D eigenvalue weighted by atomic mass is 15.3. The van der Waals surface area contributed by atoms with E-state index in [1.54, 1.807) is 6.20 Å². The van der Waals surface area contributed by atoms with Gasteiger partial charge in [-0.25, -0.2) is 4.68 Å². The van der Waals surface area contributed by atoms with Gasteiger partial charge in [-0.1, -0.05) is 24.1 Å². The molecule has 3 nitrogen and oxygen atoms in total. The van der Waals surface area contributed by atoms with Crippen molar-refractivity contribution in [1.29, 1.82) is 0 Å². The summed E-state index contributed by atoms with van der Waals surface area (Å²) in [4.78, 5) is 0. The van der Waals surface area contributed by atoms with E-state index in [4.69, 9.17) is 5.73 Å². The summed E-state index contributed by atoms with van der Waals surface area (Å²) in [5.74, 6) is 6.07. The highest BCUT2D eigenvalue weighted by molar-refractivity contribution is 5.38. The van der Waals surface area contributed by atoms with Crippen LogP contribution in [0.1, 0.15) is 12.1 Å². The van der Waals surface area contributed by atoms with Crippen LogP contribution >= 0.6 is 0 Å². The highest BCUT2D eigenvalue weighted by Gasteiger charge is 2.00. The van der Waals surface area contributed by atoms with Crippen LogP contribution in [0.3, 0.4) is 0 Å². The molecule has 1 aromatic heterocycles. The van der Waals surface area contributed by atoms with Gasteiger partial charge < -0.3 is 5.73 Å².